The van der Waals surface area contributed by atoms with Crippen LogP contribution in [0, 0.1) is 6.08 Å². The van der Waals surface area contributed by atoms with E-state index in [1.165, 1.54) is 0 Å². The van der Waals surface area contributed by atoms with E-state index in [-0.39, 0.29) is 0 Å². The van der Waals surface area contributed by atoms with E-state index in [0.717, 1.165) is 6.20 Å². The lowest BCUT2D eigenvalue weighted by molar-refractivity contribution is -0.0603. The highest BCUT2D eigenvalue weighted by Crippen LogP contribution is 2.32. The van der Waals surface area contributed by atoms with Crippen molar-refractivity contribution >= 4 is 0 Å². The predicted octanol–water partition coefficient (Wildman–Crippen LogP) is -1.66. The molecule has 90 valence electrons. The predicted molar refractivity (Wildman–Crippen MR) is 46.9 cm³/mol. The third-order valence-electron chi connectivity index (χ3n) is 2.50. The average Bonchev–Trinajstić information content (AvgIpc) is 2.72. The van der Waals surface area contributed by atoms with Crippen LogP contribution < -0.4 is 0 Å². The summed E-state index contributed by atoms with van der Waals surface area (Å²) in [6.45, 7) is -0.522. The van der Waals surface area contributed by atoms with Crippen molar-refractivity contribution in [1.82, 2.24) is 9.55 Å². The zero-order valence-electron chi connectivity index (χ0n) is 8.06. The minimum Gasteiger partial charge on any atom is -0.493 e. The van der Waals surface area contributed by atoms with Crippen LogP contribution in [0.15, 0.2) is 6.20 Å². The average molecular weight is 234 g/mol. The minimum absolute atomic E-state index is 0.522. The molecule has 8 heteroatoms. The Labute approximate surface area is 89.3 Å². The van der Waals surface area contributed by atoms with Crippen molar-refractivity contribution < 1.29 is 29.6 Å². The van der Waals surface area contributed by atoms with E-state index in [4.69, 9.17) is 9.84 Å². The number of hydrogen-bond acceptors (Lipinski definition) is 6. The molecular weight excluding hydrogens is 223 g/mol. The molecule has 16 heavy (non-hydrogen) atoms. The fourth-order valence-electron chi connectivity index (χ4n) is 1.66. The molecule has 2 rings (SSSR count). The van der Waals surface area contributed by atoms with Crippen LogP contribution in [0.4, 0.5) is 4.39 Å². The van der Waals surface area contributed by atoms with Crippen molar-refractivity contribution in [2.24, 2.45) is 0 Å². The molecule has 1 aromatic rings. The number of imidazole rings is 1. The van der Waals surface area contributed by atoms with Gasteiger partial charge in [0.05, 0.1) is 12.8 Å². The van der Waals surface area contributed by atoms with E-state index in [1.807, 2.05) is 0 Å². The fraction of sp³-hybridized carbons (Fsp3) is 0.625. The lowest BCUT2D eigenvalue weighted by Crippen LogP contribution is -2.33. The smallest absolute Gasteiger partial charge is 0.294 e. The molecule has 0 radical (unpaired) electrons. The number of aliphatic hydroxyl groups excluding tert-OH is 3. The number of ether oxygens (including phenoxy) is 1. The Balaban J connectivity index is 2.30. The fourth-order valence-corrected chi connectivity index (χ4v) is 1.66. The van der Waals surface area contributed by atoms with Crippen LogP contribution in [0.2, 0.25) is 0 Å². The van der Waals surface area contributed by atoms with Gasteiger partial charge in [0.1, 0.15) is 18.3 Å². The zero-order chi connectivity index (χ0) is 11.9. The number of hydrogen-bond donors (Lipinski definition) is 4. The summed E-state index contributed by atoms with van der Waals surface area (Å²) in [5, 5.41) is 37.1. The molecule has 0 aromatic carbocycles. The van der Waals surface area contributed by atoms with Gasteiger partial charge in [-0.15, -0.1) is 0 Å². The maximum Gasteiger partial charge on any atom is 0.294 e. The Kier molecular flexibility index (Phi) is 2.80. The zero-order valence-corrected chi connectivity index (χ0v) is 8.06. The Morgan fingerprint density at radius 1 is 1.44 bits per heavy atom. The van der Waals surface area contributed by atoms with Crippen LogP contribution in [0.1, 0.15) is 6.23 Å². The Bertz CT molecular complexity index is 365. The van der Waals surface area contributed by atoms with Crippen LogP contribution in [-0.2, 0) is 4.74 Å². The second-order valence-corrected chi connectivity index (χ2v) is 3.48. The van der Waals surface area contributed by atoms with Gasteiger partial charge in [-0.1, -0.05) is 0 Å². The van der Waals surface area contributed by atoms with Crippen molar-refractivity contribution in [3.63, 3.8) is 0 Å². The van der Waals surface area contributed by atoms with Crippen LogP contribution >= 0.6 is 0 Å². The number of halogens is 1. The molecule has 2 heterocycles. The highest BCUT2D eigenvalue weighted by molar-refractivity contribution is 5.07. The Hall–Kier alpha value is -1.22. The van der Waals surface area contributed by atoms with Crippen molar-refractivity contribution in [1.29, 1.82) is 0 Å². The van der Waals surface area contributed by atoms with E-state index in [1.54, 1.807) is 0 Å². The van der Waals surface area contributed by atoms with Gasteiger partial charge in [0, 0.05) is 0 Å². The largest absolute Gasteiger partial charge is 0.493 e. The first-order chi connectivity index (χ1) is 7.56. The van der Waals surface area contributed by atoms with Gasteiger partial charge < -0.3 is 25.2 Å². The van der Waals surface area contributed by atoms with Crippen LogP contribution in [0.5, 0.6) is 5.88 Å². The number of aromatic hydroxyl groups is 1. The summed E-state index contributed by atoms with van der Waals surface area (Å²) in [5.74, 6) is -0.535. The monoisotopic (exact) mass is 234 g/mol. The molecule has 0 aliphatic carbocycles. The summed E-state index contributed by atoms with van der Waals surface area (Å²) < 4.78 is 18.8. The molecule has 1 aliphatic heterocycles. The van der Waals surface area contributed by atoms with E-state index >= 15 is 0 Å². The van der Waals surface area contributed by atoms with Crippen molar-refractivity contribution in [3.8, 4) is 5.88 Å². The minimum atomic E-state index is -1.45. The maximum absolute atomic E-state index is 13.2. The molecule has 0 spiro atoms. The summed E-state index contributed by atoms with van der Waals surface area (Å²) in [4.78, 5) is 3.18. The second kappa shape index (κ2) is 3.98. The summed E-state index contributed by atoms with van der Waals surface area (Å²) in [7, 11) is 0. The van der Waals surface area contributed by atoms with E-state index < -0.39 is 43.1 Å². The van der Waals surface area contributed by atoms with Crippen LogP contribution in [0.25, 0.3) is 0 Å². The summed E-state index contributed by atoms with van der Waals surface area (Å²) >= 11 is 0. The summed E-state index contributed by atoms with van der Waals surface area (Å²) in [6.07, 6.45) is -5.34. The standard InChI is InChI=1S/C8H11FN2O5/c9-8-10-1-4(13)11(8)7-6(15)5(14)3(2-12)16-7/h1,3,5-7,12-15H,2H2/t3-,5-,6-,7?/m1/s1. The van der Waals surface area contributed by atoms with E-state index in [2.05, 4.69) is 4.98 Å². The lowest BCUT2D eigenvalue weighted by Gasteiger charge is -2.16. The van der Waals surface area contributed by atoms with Gasteiger partial charge in [-0.2, -0.15) is 4.39 Å². The van der Waals surface area contributed by atoms with E-state index in [9.17, 15) is 19.7 Å². The Morgan fingerprint density at radius 3 is 2.56 bits per heavy atom. The van der Waals surface area contributed by atoms with Crippen molar-refractivity contribution in [2.45, 2.75) is 24.5 Å². The summed E-state index contributed by atoms with van der Waals surface area (Å²) in [6, 6.07) is 0. The van der Waals surface area contributed by atoms with Gasteiger partial charge >= 0.3 is 0 Å². The second-order valence-electron chi connectivity index (χ2n) is 3.48. The molecule has 4 N–H and O–H groups in total. The highest BCUT2D eigenvalue weighted by Gasteiger charge is 2.44. The maximum atomic E-state index is 13.2. The quantitative estimate of drug-likeness (QED) is 0.488. The number of nitrogens with zero attached hydrogens (tertiary/aromatic N) is 2. The number of aliphatic hydroxyl groups is 3. The molecule has 0 amide bonds. The third kappa shape index (κ3) is 1.55. The van der Waals surface area contributed by atoms with Gasteiger partial charge in [0.15, 0.2) is 6.23 Å². The molecule has 1 aliphatic rings. The van der Waals surface area contributed by atoms with Gasteiger partial charge in [0.2, 0.25) is 5.88 Å². The van der Waals surface area contributed by atoms with Crippen molar-refractivity contribution in [2.75, 3.05) is 6.61 Å². The van der Waals surface area contributed by atoms with Gasteiger partial charge in [0.25, 0.3) is 6.08 Å². The van der Waals surface area contributed by atoms with Gasteiger partial charge in [-0.3, -0.25) is 0 Å². The molecule has 1 saturated heterocycles. The molecule has 1 unspecified atom stereocenters. The Morgan fingerprint density at radius 2 is 2.12 bits per heavy atom. The first-order valence-electron chi connectivity index (χ1n) is 4.60. The van der Waals surface area contributed by atoms with E-state index in [0.29, 0.717) is 4.57 Å². The summed E-state index contributed by atoms with van der Waals surface area (Å²) in [5.41, 5.74) is 0. The third-order valence-corrected chi connectivity index (χ3v) is 2.50. The molecule has 7 nitrogen and oxygen atoms in total. The van der Waals surface area contributed by atoms with Gasteiger partial charge in [-0.05, 0) is 0 Å². The van der Waals surface area contributed by atoms with Crippen LogP contribution in [0.3, 0.4) is 0 Å². The molecule has 4 atom stereocenters. The molecule has 0 saturated carbocycles. The number of aromatic nitrogens is 2. The molecule has 1 fully saturated rings. The first kappa shape index (κ1) is 11.3. The molecular formula is C8H11FN2O5. The topological polar surface area (TPSA) is 108 Å². The molecule has 0 bridgehead atoms. The van der Waals surface area contributed by atoms with Crippen LogP contribution in [-0.4, -0.2) is 54.9 Å². The van der Waals surface area contributed by atoms with Crippen molar-refractivity contribution in [3.05, 3.63) is 12.3 Å². The lowest BCUT2D eigenvalue weighted by atomic mass is 10.1. The normalized spacial score (nSPS) is 34.5. The molecule has 1 aromatic heterocycles. The first-order valence-corrected chi connectivity index (χ1v) is 4.60. The SMILES string of the molecule is OC[C@H]1OC(n2c(O)cnc2F)[C@H](O)[C@@H]1O. The van der Waals surface area contributed by atoms with Gasteiger partial charge in [-0.25, -0.2) is 9.55 Å². The number of rotatable bonds is 2. The highest BCUT2D eigenvalue weighted by atomic mass is 19.1.